The first kappa shape index (κ1) is 18.5. The number of alkyl carbamates (subject to hydrolysis) is 1. The molecule has 5 nitrogen and oxygen atoms in total. The van der Waals surface area contributed by atoms with Gasteiger partial charge < -0.3 is 20.5 Å². The van der Waals surface area contributed by atoms with Gasteiger partial charge in [-0.05, 0) is 45.7 Å². The topological polar surface area (TPSA) is 73.6 Å². The summed E-state index contributed by atoms with van der Waals surface area (Å²) in [6.45, 7) is 7.07. The predicted molar refractivity (Wildman–Crippen MR) is 87.5 cm³/mol. The predicted octanol–water partition coefficient (Wildman–Crippen LogP) is 2.84. The van der Waals surface area contributed by atoms with E-state index in [1.807, 2.05) is 51.1 Å². The Hall–Kier alpha value is -1.59. The Balaban J connectivity index is 2.41. The number of nitrogens with two attached hydrogens (primary N) is 1. The molecule has 0 radical (unpaired) electrons. The van der Waals surface area contributed by atoms with E-state index in [0.29, 0.717) is 19.8 Å². The van der Waals surface area contributed by atoms with Crippen molar-refractivity contribution in [2.75, 3.05) is 13.2 Å². The molecule has 0 saturated carbocycles. The summed E-state index contributed by atoms with van der Waals surface area (Å²) >= 11 is 0. The van der Waals surface area contributed by atoms with E-state index < -0.39 is 11.7 Å². The summed E-state index contributed by atoms with van der Waals surface area (Å²) in [6.07, 6.45) is 1.18. The van der Waals surface area contributed by atoms with Crippen LogP contribution in [0.2, 0.25) is 0 Å². The molecule has 124 valence electrons. The van der Waals surface area contributed by atoms with Crippen LogP contribution in [0.4, 0.5) is 4.79 Å². The third-order valence-electron chi connectivity index (χ3n) is 2.91. The van der Waals surface area contributed by atoms with Gasteiger partial charge in [0.1, 0.15) is 5.60 Å². The molecule has 1 amide bonds. The van der Waals surface area contributed by atoms with E-state index in [1.54, 1.807) is 0 Å². The monoisotopic (exact) mass is 308 g/mol. The first-order chi connectivity index (χ1) is 10.4. The van der Waals surface area contributed by atoms with Crippen LogP contribution in [0.1, 0.15) is 39.2 Å². The lowest BCUT2D eigenvalue weighted by molar-refractivity contribution is 0.0421. The summed E-state index contributed by atoms with van der Waals surface area (Å²) in [7, 11) is 0. The Labute approximate surface area is 133 Å². The minimum Gasteiger partial charge on any atom is -0.444 e. The highest BCUT2D eigenvalue weighted by molar-refractivity contribution is 5.68. The molecule has 0 heterocycles. The van der Waals surface area contributed by atoms with E-state index in [4.69, 9.17) is 15.2 Å². The largest absolute Gasteiger partial charge is 0.444 e. The highest BCUT2D eigenvalue weighted by atomic mass is 16.6. The maximum Gasteiger partial charge on any atom is 0.407 e. The van der Waals surface area contributed by atoms with Gasteiger partial charge >= 0.3 is 6.09 Å². The third kappa shape index (κ3) is 8.64. The fraction of sp³-hybridized carbons (Fsp3) is 0.588. The van der Waals surface area contributed by atoms with Crippen molar-refractivity contribution in [1.29, 1.82) is 0 Å². The molecule has 22 heavy (non-hydrogen) atoms. The zero-order chi connectivity index (χ0) is 16.4. The fourth-order valence-corrected chi connectivity index (χ4v) is 1.93. The minimum absolute atomic E-state index is 0.0953. The number of hydrogen-bond donors (Lipinski definition) is 2. The molecular weight excluding hydrogens is 280 g/mol. The minimum atomic E-state index is -0.507. The molecule has 0 spiro atoms. The summed E-state index contributed by atoms with van der Waals surface area (Å²) in [6, 6.07) is 9.85. The average Bonchev–Trinajstić information content (AvgIpc) is 2.43. The molecule has 1 aromatic rings. The molecule has 0 bridgehead atoms. The molecule has 0 aliphatic heterocycles. The summed E-state index contributed by atoms with van der Waals surface area (Å²) in [5.74, 6) is 0. The second-order valence-corrected chi connectivity index (χ2v) is 6.27. The van der Waals surface area contributed by atoms with Crippen LogP contribution in [0.5, 0.6) is 0 Å². The van der Waals surface area contributed by atoms with Gasteiger partial charge in [0.2, 0.25) is 0 Å². The van der Waals surface area contributed by atoms with E-state index >= 15 is 0 Å². The molecule has 1 atom stereocenters. The number of hydrogen-bond acceptors (Lipinski definition) is 4. The van der Waals surface area contributed by atoms with E-state index in [1.165, 1.54) is 0 Å². The van der Waals surface area contributed by atoms with Gasteiger partial charge in [-0.3, -0.25) is 0 Å². The number of ether oxygens (including phenoxy) is 2. The lowest BCUT2D eigenvalue weighted by atomic mass is 10.1. The first-order valence-electron chi connectivity index (χ1n) is 7.72. The van der Waals surface area contributed by atoms with Gasteiger partial charge in [0.15, 0.2) is 0 Å². The van der Waals surface area contributed by atoms with Crippen LogP contribution in [-0.2, 0) is 16.1 Å². The number of rotatable bonds is 8. The number of nitrogens with one attached hydrogen (secondary N) is 1. The van der Waals surface area contributed by atoms with Crippen LogP contribution in [0.25, 0.3) is 0 Å². The Bertz CT molecular complexity index is 429. The maximum atomic E-state index is 11.8. The van der Waals surface area contributed by atoms with E-state index in [9.17, 15) is 4.79 Å². The van der Waals surface area contributed by atoms with Gasteiger partial charge in [0.05, 0.1) is 19.3 Å². The van der Waals surface area contributed by atoms with Crippen molar-refractivity contribution in [3.63, 3.8) is 0 Å². The number of amides is 1. The second kappa shape index (κ2) is 9.43. The fourth-order valence-electron chi connectivity index (χ4n) is 1.93. The summed E-state index contributed by atoms with van der Waals surface area (Å²) < 4.78 is 11.0. The van der Waals surface area contributed by atoms with Crippen LogP contribution in [0.15, 0.2) is 30.3 Å². The molecule has 3 N–H and O–H groups in total. The Morgan fingerprint density at radius 3 is 2.55 bits per heavy atom. The quantitative estimate of drug-likeness (QED) is 0.774. The SMILES string of the molecule is CC(C)(C)OC(=O)N[C@@H](CCCN)COCc1ccccc1. The standard InChI is InChI=1S/C17H28N2O3/c1-17(2,3)22-16(20)19-15(10-7-11-18)13-21-12-14-8-5-4-6-9-14/h4-6,8-9,15H,7,10-13,18H2,1-3H3,(H,19,20)/t15-/m0/s1. The Kier molecular flexibility index (Phi) is 7.91. The zero-order valence-corrected chi connectivity index (χ0v) is 13.8. The van der Waals surface area contributed by atoms with Crippen molar-refractivity contribution in [2.24, 2.45) is 5.73 Å². The smallest absolute Gasteiger partial charge is 0.407 e. The second-order valence-electron chi connectivity index (χ2n) is 6.27. The highest BCUT2D eigenvalue weighted by Crippen LogP contribution is 2.08. The van der Waals surface area contributed by atoms with E-state index in [2.05, 4.69) is 5.32 Å². The van der Waals surface area contributed by atoms with Gasteiger partial charge in [-0.2, -0.15) is 0 Å². The van der Waals surface area contributed by atoms with Crippen molar-refractivity contribution in [1.82, 2.24) is 5.32 Å². The van der Waals surface area contributed by atoms with Crippen LogP contribution >= 0.6 is 0 Å². The van der Waals surface area contributed by atoms with Crippen LogP contribution in [-0.4, -0.2) is 30.9 Å². The molecule has 0 aliphatic carbocycles. The van der Waals surface area contributed by atoms with E-state index in [-0.39, 0.29) is 6.04 Å². The first-order valence-corrected chi connectivity index (χ1v) is 7.72. The van der Waals surface area contributed by atoms with Gasteiger partial charge in [-0.25, -0.2) is 4.79 Å². The molecular formula is C17H28N2O3. The van der Waals surface area contributed by atoms with Crippen molar-refractivity contribution in [2.45, 2.75) is 51.9 Å². The zero-order valence-electron chi connectivity index (χ0n) is 13.8. The molecule has 1 rings (SSSR count). The van der Waals surface area contributed by atoms with Gasteiger partial charge in [0, 0.05) is 0 Å². The Morgan fingerprint density at radius 2 is 1.95 bits per heavy atom. The van der Waals surface area contributed by atoms with Gasteiger partial charge in [0.25, 0.3) is 0 Å². The maximum absolute atomic E-state index is 11.8. The molecule has 0 aliphatic rings. The average molecular weight is 308 g/mol. The van der Waals surface area contributed by atoms with Crippen LogP contribution < -0.4 is 11.1 Å². The molecule has 0 aromatic heterocycles. The lowest BCUT2D eigenvalue weighted by Gasteiger charge is -2.23. The normalized spacial score (nSPS) is 12.7. The van der Waals surface area contributed by atoms with Crippen molar-refractivity contribution < 1.29 is 14.3 Å². The van der Waals surface area contributed by atoms with Crippen LogP contribution in [0, 0.1) is 0 Å². The summed E-state index contributed by atoms with van der Waals surface area (Å²) in [5, 5.41) is 2.85. The number of benzene rings is 1. The number of carbonyl (C=O) groups excluding carboxylic acids is 1. The van der Waals surface area contributed by atoms with Gasteiger partial charge in [-0.1, -0.05) is 30.3 Å². The molecule has 1 aromatic carbocycles. The summed E-state index contributed by atoms with van der Waals surface area (Å²) in [5.41, 5.74) is 6.15. The molecule has 0 unspecified atom stereocenters. The van der Waals surface area contributed by atoms with Crippen molar-refractivity contribution in [3.8, 4) is 0 Å². The van der Waals surface area contributed by atoms with Crippen molar-refractivity contribution >= 4 is 6.09 Å². The molecule has 0 fully saturated rings. The summed E-state index contributed by atoms with van der Waals surface area (Å²) in [4.78, 5) is 11.8. The van der Waals surface area contributed by atoms with E-state index in [0.717, 1.165) is 18.4 Å². The van der Waals surface area contributed by atoms with Gasteiger partial charge in [-0.15, -0.1) is 0 Å². The highest BCUT2D eigenvalue weighted by Gasteiger charge is 2.19. The van der Waals surface area contributed by atoms with Crippen molar-refractivity contribution in [3.05, 3.63) is 35.9 Å². The molecule has 5 heteroatoms. The Morgan fingerprint density at radius 1 is 1.27 bits per heavy atom. The lowest BCUT2D eigenvalue weighted by Crippen LogP contribution is -2.41. The third-order valence-corrected chi connectivity index (χ3v) is 2.91. The molecule has 0 saturated heterocycles. The van der Waals surface area contributed by atoms with Crippen LogP contribution in [0.3, 0.4) is 0 Å². The number of carbonyl (C=O) groups is 1.